The fraction of sp³-hybridized carbons (Fsp3) is 0.483. The van der Waals surface area contributed by atoms with Crippen molar-refractivity contribution < 1.29 is 23.9 Å². The first-order chi connectivity index (χ1) is 18.4. The summed E-state index contributed by atoms with van der Waals surface area (Å²) < 4.78 is 11.7. The van der Waals surface area contributed by atoms with Gasteiger partial charge in [0.25, 0.3) is 0 Å². The Labute approximate surface area is 226 Å². The maximum absolute atomic E-state index is 14.1. The molecule has 2 N–H and O–H groups in total. The first-order valence-corrected chi connectivity index (χ1v) is 14.2. The number of benzene rings is 1. The van der Waals surface area contributed by atoms with E-state index in [-0.39, 0.29) is 23.8 Å². The summed E-state index contributed by atoms with van der Waals surface area (Å²) >= 11 is 1.54. The normalized spacial score (nSPS) is 33.3. The molecule has 6 rings (SSSR count). The van der Waals surface area contributed by atoms with E-state index in [1.54, 1.807) is 47.6 Å². The van der Waals surface area contributed by atoms with Gasteiger partial charge in [0.1, 0.15) is 17.4 Å². The van der Waals surface area contributed by atoms with E-state index in [1.165, 1.54) is 6.42 Å². The van der Waals surface area contributed by atoms with Crippen molar-refractivity contribution >= 4 is 34.7 Å². The van der Waals surface area contributed by atoms with Crippen molar-refractivity contribution in [3.8, 4) is 5.75 Å². The summed E-state index contributed by atoms with van der Waals surface area (Å²) in [4.78, 5) is 44.3. The summed E-state index contributed by atoms with van der Waals surface area (Å²) in [5.74, 6) is -1.23. The average Bonchev–Trinajstić information content (AvgIpc) is 3.69. The molecule has 1 aromatic heterocycles. The molecule has 9 heteroatoms. The van der Waals surface area contributed by atoms with E-state index in [9.17, 15) is 14.4 Å². The van der Waals surface area contributed by atoms with Crippen molar-refractivity contribution in [2.24, 2.45) is 17.8 Å². The topological polar surface area (TPSA) is 97.0 Å². The van der Waals surface area contributed by atoms with E-state index in [0.717, 1.165) is 24.1 Å². The van der Waals surface area contributed by atoms with Crippen LogP contribution in [0.25, 0.3) is 0 Å². The standard InChI is InChI=1S/C29H33N3O5S/c1-17-7-3-4-11-21(17)31-27(34)25-29-13-12-22(37-29)23(26(33)30-18-8-5-9-19(15-18)36-2)24(29)28(35)32(25)16-20-10-6-14-38-20/h5-6,8-10,12-15,17,21-25H,3-4,7,11,16H2,1-2H3,(H,30,33)(H,31,34)/t17-,21+,22+,23-,24+,25+,29+/m0/s1. The number of fused-ring (bicyclic) bond motifs is 1. The molecule has 1 aliphatic carbocycles. The molecule has 1 aromatic carbocycles. The van der Waals surface area contributed by atoms with Gasteiger partial charge in [-0.3, -0.25) is 14.4 Å². The lowest BCUT2D eigenvalue weighted by Gasteiger charge is -2.35. The van der Waals surface area contributed by atoms with Crippen LogP contribution in [0, 0.1) is 17.8 Å². The van der Waals surface area contributed by atoms with Gasteiger partial charge in [-0.05, 0) is 42.3 Å². The number of anilines is 1. The molecule has 1 saturated carbocycles. The smallest absolute Gasteiger partial charge is 0.246 e. The van der Waals surface area contributed by atoms with E-state index in [2.05, 4.69) is 17.6 Å². The van der Waals surface area contributed by atoms with Crippen LogP contribution in [0.5, 0.6) is 5.75 Å². The second kappa shape index (κ2) is 9.85. The lowest BCUT2D eigenvalue weighted by Crippen LogP contribution is -2.57. The summed E-state index contributed by atoms with van der Waals surface area (Å²) in [6, 6.07) is 10.2. The summed E-state index contributed by atoms with van der Waals surface area (Å²) in [6.45, 7) is 2.48. The molecule has 1 spiro atoms. The minimum atomic E-state index is -1.17. The first kappa shape index (κ1) is 25.1. The Balaban J connectivity index is 1.31. The summed E-state index contributed by atoms with van der Waals surface area (Å²) in [7, 11) is 1.57. The van der Waals surface area contributed by atoms with Crippen molar-refractivity contribution in [3.63, 3.8) is 0 Å². The van der Waals surface area contributed by atoms with Gasteiger partial charge in [0.05, 0.1) is 31.6 Å². The molecule has 3 amide bonds. The molecule has 4 aliphatic rings. The van der Waals surface area contributed by atoms with Gasteiger partial charge in [0.15, 0.2) is 0 Å². The predicted octanol–water partition coefficient (Wildman–Crippen LogP) is 3.74. The van der Waals surface area contributed by atoms with E-state index < -0.39 is 29.6 Å². The maximum atomic E-state index is 14.1. The molecule has 0 unspecified atom stereocenters. The number of likely N-dealkylation sites (tertiary alicyclic amines) is 1. The molecule has 8 nitrogen and oxygen atoms in total. The molecule has 200 valence electrons. The number of thiophene rings is 1. The Hall–Kier alpha value is -3.17. The van der Waals surface area contributed by atoms with Crippen molar-refractivity contribution in [1.82, 2.24) is 10.2 Å². The van der Waals surface area contributed by atoms with E-state index in [4.69, 9.17) is 9.47 Å². The molecular formula is C29H33N3O5S. The maximum Gasteiger partial charge on any atom is 0.246 e. The third-order valence-corrected chi connectivity index (χ3v) is 9.47. The van der Waals surface area contributed by atoms with Gasteiger partial charge >= 0.3 is 0 Å². The second-order valence-electron chi connectivity index (χ2n) is 10.8. The van der Waals surface area contributed by atoms with E-state index in [1.807, 2.05) is 29.7 Å². The van der Waals surface area contributed by atoms with Crippen molar-refractivity contribution in [2.75, 3.05) is 12.4 Å². The van der Waals surface area contributed by atoms with Crippen LogP contribution in [-0.2, 0) is 25.7 Å². The molecule has 2 aromatic rings. The van der Waals surface area contributed by atoms with Crippen molar-refractivity contribution in [2.45, 2.75) is 62.9 Å². The molecule has 3 aliphatic heterocycles. The molecular weight excluding hydrogens is 502 g/mol. The molecule has 38 heavy (non-hydrogen) atoms. The number of nitrogens with one attached hydrogen (secondary N) is 2. The van der Waals surface area contributed by atoms with Crippen LogP contribution in [0.15, 0.2) is 53.9 Å². The third-order valence-electron chi connectivity index (χ3n) is 8.61. The van der Waals surface area contributed by atoms with Gasteiger partial charge in [0.2, 0.25) is 17.7 Å². The van der Waals surface area contributed by atoms with Crippen LogP contribution >= 0.6 is 11.3 Å². The summed E-state index contributed by atoms with van der Waals surface area (Å²) in [5.41, 5.74) is -0.589. The zero-order valence-electron chi connectivity index (χ0n) is 21.6. The lowest BCUT2D eigenvalue weighted by atomic mass is 9.74. The lowest BCUT2D eigenvalue weighted by molar-refractivity contribution is -0.142. The number of methoxy groups -OCH3 is 1. The SMILES string of the molecule is COc1cccc(NC(=O)[C@H]2[C@H]3C=C[C@@]4(O3)[C@H]2C(=O)N(Cc2cccs2)[C@@H]4C(=O)N[C@@H]2CCCC[C@@H]2C)c1. The van der Waals surface area contributed by atoms with E-state index in [0.29, 0.717) is 23.9 Å². The Bertz CT molecular complexity index is 1260. The highest BCUT2D eigenvalue weighted by molar-refractivity contribution is 7.09. The molecule has 2 bridgehead atoms. The zero-order valence-corrected chi connectivity index (χ0v) is 22.4. The number of carbonyl (C=O) groups is 3. The Kier molecular flexibility index (Phi) is 6.52. The highest BCUT2D eigenvalue weighted by atomic mass is 32.1. The zero-order chi connectivity index (χ0) is 26.4. The summed E-state index contributed by atoms with van der Waals surface area (Å²) in [6.07, 6.45) is 7.39. The molecule has 3 fully saturated rings. The Morgan fingerprint density at radius 3 is 2.79 bits per heavy atom. The van der Waals surface area contributed by atoms with Gasteiger partial charge in [-0.2, -0.15) is 0 Å². The van der Waals surface area contributed by atoms with Crippen molar-refractivity contribution in [1.29, 1.82) is 0 Å². The number of carbonyl (C=O) groups excluding carboxylic acids is 3. The third kappa shape index (κ3) is 4.12. The first-order valence-electron chi connectivity index (χ1n) is 13.4. The van der Waals surface area contributed by atoms with Crippen LogP contribution in [0.2, 0.25) is 0 Å². The number of ether oxygens (including phenoxy) is 2. The fourth-order valence-electron chi connectivity index (χ4n) is 6.73. The Morgan fingerprint density at radius 1 is 1.18 bits per heavy atom. The largest absolute Gasteiger partial charge is 0.497 e. The van der Waals surface area contributed by atoms with Gasteiger partial charge in [0, 0.05) is 22.7 Å². The molecule has 4 heterocycles. The Morgan fingerprint density at radius 2 is 2.03 bits per heavy atom. The fourth-order valence-corrected chi connectivity index (χ4v) is 7.43. The van der Waals surface area contributed by atoms with Gasteiger partial charge in [-0.1, -0.05) is 44.1 Å². The average molecular weight is 536 g/mol. The van der Waals surface area contributed by atoms with Crippen LogP contribution in [-0.4, -0.2) is 53.5 Å². The summed E-state index contributed by atoms with van der Waals surface area (Å²) in [5, 5.41) is 8.18. The number of hydrogen-bond donors (Lipinski definition) is 2. The van der Waals surface area contributed by atoms with Gasteiger partial charge in [-0.25, -0.2) is 0 Å². The molecule has 0 radical (unpaired) electrons. The monoisotopic (exact) mass is 535 g/mol. The number of rotatable bonds is 7. The van der Waals surface area contributed by atoms with Gasteiger partial charge < -0.3 is 25.0 Å². The van der Waals surface area contributed by atoms with Crippen molar-refractivity contribution in [3.05, 3.63) is 58.8 Å². The van der Waals surface area contributed by atoms with E-state index >= 15 is 0 Å². The number of nitrogens with zero attached hydrogens (tertiary/aromatic N) is 1. The highest BCUT2D eigenvalue weighted by Gasteiger charge is 2.72. The molecule has 7 atom stereocenters. The molecule has 2 saturated heterocycles. The minimum Gasteiger partial charge on any atom is -0.497 e. The quantitative estimate of drug-likeness (QED) is 0.527. The minimum absolute atomic E-state index is 0.0696. The second-order valence-corrected chi connectivity index (χ2v) is 11.9. The van der Waals surface area contributed by atoms with Crippen LogP contribution in [0.3, 0.4) is 0 Å². The van der Waals surface area contributed by atoms with Crippen LogP contribution < -0.4 is 15.4 Å². The predicted molar refractivity (Wildman–Crippen MR) is 144 cm³/mol. The van der Waals surface area contributed by atoms with Crippen LogP contribution in [0.4, 0.5) is 5.69 Å². The van der Waals surface area contributed by atoms with Crippen LogP contribution in [0.1, 0.15) is 37.5 Å². The highest BCUT2D eigenvalue weighted by Crippen LogP contribution is 2.55. The number of amides is 3. The van der Waals surface area contributed by atoms with Gasteiger partial charge in [-0.15, -0.1) is 11.3 Å². The number of hydrogen-bond acceptors (Lipinski definition) is 6.